The summed E-state index contributed by atoms with van der Waals surface area (Å²) in [5, 5.41) is 6.06. The standard InChI is InChI=1S/C30H36N4O2/c1-20(35)33-25-15-9-21(10-16-25)17-28(36)34-26-18-27(22-7-5-4-6-8-22)29(32-19-26)23-11-13-24(14-12-23)30(2,3)31/h4-8,11-14,18-19,21,25H,9-10,15-17,31H2,1-3H3,(H,33,35)(H,34,36). The molecule has 1 aliphatic carbocycles. The third kappa shape index (κ3) is 6.58. The van der Waals surface area contributed by atoms with E-state index >= 15 is 0 Å². The highest BCUT2D eigenvalue weighted by Crippen LogP contribution is 2.34. The molecule has 2 amide bonds. The van der Waals surface area contributed by atoms with Crippen LogP contribution in [0, 0.1) is 5.92 Å². The number of hydrogen-bond acceptors (Lipinski definition) is 4. The fraction of sp³-hybridized carbons (Fsp3) is 0.367. The Morgan fingerprint density at radius 3 is 2.25 bits per heavy atom. The van der Waals surface area contributed by atoms with Crippen LogP contribution in [0.25, 0.3) is 22.4 Å². The van der Waals surface area contributed by atoms with E-state index in [1.807, 2.05) is 62.4 Å². The van der Waals surface area contributed by atoms with Crippen LogP contribution in [0.4, 0.5) is 5.69 Å². The summed E-state index contributed by atoms with van der Waals surface area (Å²) in [4.78, 5) is 28.9. The first-order chi connectivity index (χ1) is 17.2. The van der Waals surface area contributed by atoms with Gasteiger partial charge in [0.25, 0.3) is 0 Å². The van der Waals surface area contributed by atoms with Crippen LogP contribution in [0.3, 0.4) is 0 Å². The number of nitrogens with one attached hydrogen (secondary N) is 2. The average Bonchev–Trinajstić information content (AvgIpc) is 2.85. The van der Waals surface area contributed by atoms with Gasteiger partial charge in [0.1, 0.15) is 0 Å². The lowest BCUT2D eigenvalue weighted by Gasteiger charge is -2.28. The molecule has 1 saturated carbocycles. The molecular formula is C30H36N4O2. The Morgan fingerprint density at radius 2 is 1.64 bits per heavy atom. The van der Waals surface area contributed by atoms with E-state index in [-0.39, 0.29) is 17.9 Å². The SMILES string of the molecule is CC(=O)NC1CCC(CC(=O)Nc2cnc(-c3ccc(C(C)(C)N)cc3)c(-c3ccccc3)c2)CC1. The van der Waals surface area contributed by atoms with E-state index < -0.39 is 5.54 Å². The first-order valence-electron chi connectivity index (χ1n) is 12.7. The first kappa shape index (κ1) is 25.6. The largest absolute Gasteiger partial charge is 0.354 e. The van der Waals surface area contributed by atoms with Crippen molar-refractivity contribution in [3.63, 3.8) is 0 Å². The smallest absolute Gasteiger partial charge is 0.224 e. The number of pyridine rings is 1. The molecule has 1 aromatic heterocycles. The van der Waals surface area contributed by atoms with E-state index in [1.54, 1.807) is 13.1 Å². The minimum Gasteiger partial charge on any atom is -0.354 e. The molecule has 36 heavy (non-hydrogen) atoms. The lowest BCUT2D eigenvalue weighted by molar-refractivity contribution is -0.120. The van der Waals surface area contributed by atoms with Crippen molar-refractivity contribution < 1.29 is 9.59 Å². The molecule has 0 aliphatic heterocycles. The van der Waals surface area contributed by atoms with Crippen molar-refractivity contribution in [3.8, 4) is 22.4 Å². The fourth-order valence-electron chi connectivity index (χ4n) is 4.93. The number of nitrogens with two attached hydrogens (primary N) is 1. The van der Waals surface area contributed by atoms with Crippen molar-refractivity contribution in [3.05, 3.63) is 72.4 Å². The van der Waals surface area contributed by atoms with E-state index in [0.29, 0.717) is 18.0 Å². The number of rotatable bonds is 7. The maximum Gasteiger partial charge on any atom is 0.224 e. The first-order valence-corrected chi connectivity index (χ1v) is 12.7. The molecular weight excluding hydrogens is 448 g/mol. The molecule has 1 aliphatic rings. The van der Waals surface area contributed by atoms with Crippen molar-refractivity contribution >= 4 is 17.5 Å². The molecule has 1 fully saturated rings. The minimum absolute atomic E-state index is 0.000990. The number of carbonyl (C=O) groups is 2. The van der Waals surface area contributed by atoms with Crippen LogP contribution in [0.15, 0.2) is 66.9 Å². The summed E-state index contributed by atoms with van der Waals surface area (Å²) in [5.74, 6) is 0.350. The van der Waals surface area contributed by atoms with Crippen molar-refractivity contribution in [2.75, 3.05) is 5.32 Å². The van der Waals surface area contributed by atoms with Crippen LogP contribution in [-0.2, 0) is 15.1 Å². The zero-order chi connectivity index (χ0) is 25.7. The van der Waals surface area contributed by atoms with Gasteiger partial charge in [0.05, 0.1) is 17.6 Å². The number of benzene rings is 2. The highest BCUT2D eigenvalue weighted by molar-refractivity contribution is 5.93. The summed E-state index contributed by atoms with van der Waals surface area (Å²) in [7, 11) is 0. The Hall–Kier alpha value is -3.51. The molecule has 2 aromatic carbocycles. The van der Waals surface area contributed by atoms with Crippen molar-refractivity contribution in [1.82, 2.24) is 10.3 Å². The molecule has 1 heterocycles. The van der Waals surface area contributed by atoms with Gasteiger partial charge in [-0.15, -0.1) is 0 Å². The normalized spacial score (nSPS) is 17.9. The predicted octanol–water partition coefficient (Wildman–Crippen LogP) is 5.63. The van der Waals surface area contributed by atoms with Gasteiger partial charge in [-0.25, -0.2) is 0 Å². The number of amides is 2. The van der Waals surface area contributed by atoms with Crippen LogP contribution in [-0.4, -0.2) is 22.8 Å². The Morgan fingerprint density at radius 1 is 0.972 bits per heavy atom. The molecule has 0 saturated heterocycles. The molecule has 0 atom stereocenters. The number of aromatic nitrogens is 1. The summed E-state index contributed by atoms with van der Waals surface area (Å²) < 4.78 is 0. The van der Waals surface area contributed by atoms with E-state index in [2.05, 4.69) is 22.8 Å². The Balaban J connectivity index is 1.50. The Bertz CT molecular complexity index is 1190. The van der Waals surface area contributed by atoms with Gasteiger partial charge in [0, 0.05) is 36.1 Å². The second-order valence-electron chi connectivity index (χ2n) is 10.5. The van der Waals surface area contributed by atoms with Gasteiger partial charge in [0.2, 0.25) is 11.8 Å². The lowest BCUT2D eigenvalue weighted by atomic mass is 9.84. The summed E-state index contributed by atoms with van der Waals surface area (Å²) >= 11 is 0. The maximum absolute atomic E-state index is 12.9. The van der Waals surface area contributed by atoms with Gasteiger partial charge in [-0.05, 0) is 62.6 Å². The van der Waals surface area contributed by atoms with Crippen molar-refractivity contribution in [2.24, 2.45) is 11.7 Å². The number of carbonyl (C=O) groups excluding carboxylic acids is 2. The molecule has 3 aromatic rings. The third-order valence-corrected chi connectivity index (χ3v) is 6.89. The molecule has 188 valence electrons. The highest BCUT2D eigenvalue weighted by Gasteiger charge is 2.24. The Labute approximate surface area is 213 Å². The molecule has 0 radical (unpaired) electrons. The summed E-state index contributed by atoms with van der Waals surface area (Å²) in [6.07, 6.45) is 5.94. The van der Waals surface area contributed by atoms with E-state index in [1.165, 1.54) is 0 Å². The number of nitrogens with zero attached hydrogens (tertiary/aromatic N) is 1. The average molecular weight is 485 g/mol. The van der Waals surface area contributed by atoms with Crippen LogP contribution >= 0.6 is 0 Å². The van der Waals surface area contributed by atoms with Gasteiger partial charge >= 0.3 is 0 Å². The van der Waals surface area contributed by atoms with E-state index in [4.69, 9.17) is 10.7 Å². The molecule has 0 unspecified atom stereocenters. The quantitative estimate of drug-likeness (QED) is 0.405. The van der Waals surface area contributed by atoms with Gasteiger partial charge < -0.3 is 16.4 Å². The fourth-order valence-corrected chi connectivity index (χ4v) is 4.93. The second kappa shape index (κ2) is 11.0. The summed E-state index contributed by atoms with van der Waals surface area (Å²) in [6.45, 7) is 5.53. The summed E-state index contributed by atoms with van der Waals surface area (Å²) in [6, 6.07) is 20.5. The van der Waals surface area contributed by atoms with Crippen molar-refractivity contribution in [2.45, 2.75) is 64.5 Å². The number of hydrogen-bond donors (Lipinski definition) is 3. The number of anilines is 1. The third-order valence-electron chi connectivity index (χ3n) is 6.89. The van der Waals surface area contributed by atoms with Crippen LogP contribution in [0.2, 0.25) is 0 Å². The lowest BCUT2D eigenvalue weighted by Crippen LogP contribution is -2.36. The molecule has 4 N–H and O–H groups in total. The molecule has 0 spiro atoms. The molecule has 4 rings (SSSR count). The second-order valence-corrected chi connectivity index (χ2v) is 10.5. The van der Waals surface area contributed by atoms with Gasteiger partial charge in [-0.1, -0.05) is 54.6 Å². The topological polar surface area (TPSA) is 97.1 Å². The highest BCUT2D eigenvalue weighted by atomic mass is 16.2. The van der Waals surface area contributed by atoms with E-state index in [9.17, 15) is 9.59 Å². The maximum atomic E-state index is 12.9. The Kier molecular flexibility index (Phi) is 7.85. The van der Waals surface area contributed by atoms with Crippen LogP contribution < -0.4 is 16.4 Å². The summed E-state index contributed by atoms with van der Waals surface area (Å²) in [5.41, 5.74) is 11.4. The van der Waals surface area contributed by atoms with E-state index in [0.717, 1.165) is 53.6 Å². The van der Waals surface area contributed by atoms with Gasteiger partial charge in [-0.2, -0.15) is 0 Å². The molecule has 6 heteroatoms. The monoisotopic (exact) mass is 484 g/mol. The predicted molar refractivity (Wildman–Crippen MR) is 145 cm³/mol. The molecule has 0 bridgehead atoms. The van der Waals surface area contributed by atoms with Gasteiger partial charge in [0.15, 0.2) is 0 Å². The zero-order valence-electron chi connectivity index (χ0n) is 21.4. The van der Waals surface area contributed by atoms with Gasteiger partial charge in [-0.3, -0.25) is 14.6 Å². The minimum atomic E-state index is -0.411. The van der Waals surface area contributed by atoms with Crippen LogP contribution in [0.1, 0.15) is 58.4 Å². The van der Waals surface area contributed by atoms with Crippen LogP contribution in [0.5, 0.6) is 0 Å². The molecule has 6 nitrogen and oxygen atoms in total. The zero-order valence-corrected chi connectivity index (χ0v) is 21.4. The van der Waals surface area contributed by atoms with Crippen molar-refractivity contribution in [1.29, 1.82) is 0 Å².